The quantitative estimate of drug-likeness (QED) is 0.364. The highest BCUT2D eigenvalue weighted by atomic mass is 35.5. The van der Waals surface area contributed by atoms with Crippen molar-refractivity contribution >= 4 is 5.69 Å². The Balaban J connectivity index is 0.00000256. The molecule has 0 aromatic heterocycles. The second-order valence-corrected chi connectivity index (χ2v) is 7.40. The predicted molar refractivity (Wildman–Crippen MR) is 120 cm³/mol. The number of aliphatic hydroxyl groups excluding tert-OH is 1. The average molecular weight is 483 g/mol. The molecule has 32 heavy (non-hydrogen) atoms. The fourth-order valence-corrected chi connectivity index (χ4v) is 3.72. The number of anilines is 1. The van der Waals surface area contributed by atoms with Gasteiger partial charge in [-0.05, 0) is 36.2 Å². The van der Waals surface area contributed by atoms with Gasteiger partial charge < -0.3 is 49.0 Å². The summed E-state index contributed by atoms with van der Waals surface area (Å²) in [4.78, 5) is 4.60. The van der Waals surface area contributed by atoms with Crippen molar-refractivity contribution in [1.82, 2.24) is 4.90 Å². The molecule has 1 heterocycles. The summed E-state index contributed by atoms with van der Waals surface area (Å²) >= 11 is 0. The molecule has 1 aliphatic rings. The van der Waals surface area contributed by atoms with Crippen molar-refractivity contribution in [2.24, 2.45) is 0 Å². The summed E-state index contributed by atoms with van der Waals surface area (Å²) in [7, 11) is 3.32. The van der Waals surface area contributed by atoms with Crippen LogP contribution in [0.5, 0.6) is 17.2 Å². The molecule has 0 spiro atoms. The number of β-amino-alcohol motifs (C(OH)–C–C–N with tert-alkyl or cyclic N) is 1. The van der Waals surface area contributed by atoms with Crippen molar-refractivity contribution in [2.45, 2.75) is 12.5 Å². The number of hydrogen-bond acceptors (Lipinski definition) is 6. The molecule has 0 aliphatic carbocycles. The van der Waals surface area contributed by atoms with Crippen LogP contribution in [0.25, 0.3) is 0 Å². The van der Waals surface area contributed by atoms with Crippen molar-refractivity contribution in [3.05, 3.63) is 60.7 Å². The van der Waals surface area contributed by atoms with E-state index in [2.05, 4.69) is 22.4 Å². The summed E-state index contributed by atoms with van der Waals surface area (Å²) in [6, 6.07) is 13.9. The molecule has 3 rings (SSSR count). The summed E-state index contributed by atoms with van der Waals surface area (Å²) in [5.41, 5.74) is 2.23. The van der Waals surface area contributed by atoms with Crippen LogP contribution in [0.15, 0.2) is 55.1 Å². The molecule has 1 fully saturated rings. The molecule has 2 aromatic carbocycles. The van der Waals surface area contributed by atoms with Crippen LogP contribution in [0, 0.1) is 0 Å². The van der Waals surface area contributed by atoms with E-state index in [1.165, 1.54) is 0 Å². The van der Waals surface area contributed by atoms with Gasteiger partial charge in [0.1, 0.15) is 18.5 Å². The van der Waals surface area contributed by atoms with Gasteiger partial charge in [0.15, 0.2) is 11.5 Å². The molecule has 0 radical (unpaired) electrons. The first-order chi connectivity index (χ1) is 14.6. The maximum Gasteiger partial charge on any atom is 0.161 e. The first-order valence-electron chi connectivity index (χ1n) is 10.3. The van der Waals surface area contributed by atoms with E-state index in [1.807, 2.05) is 42.5 Å². The Labute approximate surface area is 203 Å². The smallest absolute Gasteiger partial charge is 0.161 e. The monoisotopic (exact) mass is 482 g/mol. The van der Waals surface area contributed by atoms with E-state index in [1.54, 1.807) is 14.2 Å². The van der Waals surface area contributed by atoms with Gasteiger partial charge in [-0.3, -0.25) is 4.90 Å². The predicted octanol–water partition coefficient (Wildman–Crippen LogP) is -3.00. The third-order valence-corrected chi connectivity index (χ3v) is 5.31. The topological polar surface area (TPSA) is 54.4 Å². The molecule has 1 aliphatic heterocycles. The summed E-state index contributed by atoms with van der Waals surface area (Å²) < 4.78 is 16.7. The Morgan fingerprint density at radius 3 is 2.31 bits per heavy atom. The van der Waals surface area contributed by atoms with Crippen LogP contribution in [-0.2, 0) is 6.42 Å². The second kappa shape index (κ2) is 14.1. The molecular weight excluding hydrogens is 451 g/mol. The fraction of sp³-hybridized carbons (Fsp3) is 0.417. The van der Waals surface area contributed by atoms with Crippen LogP contribution in [-0.4, -0.2) is 69.7 Å². The zero-order valence-electron chi connectivity index (χ0n) is 18.7. The highest BCUT2D eigenvalue weighted by Crippen LogP contribution is 2.29. The third kappa shape index (κ3) is 7.48. The molecule has 0 saturated carbocycles. The molecule has 2 aromatic rings. The highest BCUT2D eigenvalue weighted by molar-refractivity contribution is 5.58. The number of para-hydroxylation sites is 2. The second-order valence-electron chi connectivity index (χ2n) is 7.40. The lowest BCUT2D eigenvalue weighted by molar-refractivity contribution is -0.001000. The van der Waals surface area contributed by atoms with Crippen LogP contribution >= 0.6 is 0 Å². The number of aliphatic hydroxyl groups is 1. The Kier molecular flexibility index (Phi) is 12.3. The first-order valence-corrected chi connectivity index (χ1v) is 10.3. The van der Waals surface area contributed by atoms with Gasteiger partial charge in [-0.1, -0.05) is 24.3 Å². The van der Waals surface area contributed by atoms with E-state index in [9.17, 15) is 5.11 Å². The lowest BCUT2D eigenvalue weighted by Crippen LogP contribution is -3.00. The number of halogens is 2. The van der Waals surface area contributed by atoms with Crippen molar-refractivity contribution in [3.63, 3.8) is 0 Å². The number of rotatable bonds is 10. The number of benzene rings is 2. The van der Waals surface area contributed by atoms with Gasteiger partial charge in [0.2, 0.25) is 0 Å². The summed E-state index contributed by atoms with van der Waals surface area (Å²) in [6.07, 6.45) is 2.06. The van der Waals surface area contributed by atoms with Crippen LogP contribution in [0.4, 0.5) is 5.69 Å². The molecule has 1 unspecified atom stereocenters. The molecule has 1 N–H and O–H groups in total. The Morgan fingerprint density at radius 2 is 1.66 bits per heavy atom. The van der Waals surface area contributed by atoms with E-state index >= 15 is 0 Å². The Bertz CT molecular complexity index is 829. The normalized spacial score (nSPS) is 14.5. The Hall–Kier alpha value is -2.12. The molecular formula is C24H32Cl2N2O4-2. The SMILES string of the molecule is C=CCc1ccc(OCC(O)CN2CCN(c3ccccc3OC)CC2)c(OC)c1.[Cl-].[Cl-]. The van der Waals surface area contributed by atoms with E-state index in [4.69, 9.17) is 14.2 Å². The Morgan fingerprint density at radius 1 is 0.969 bits per heavy atom. The van der Waals surface area contributed by atoms with E-state index in [-0.39, 0.29) is 31.4 Å². The van der Waals surface area contributed by atoms with Crippen molar-refractivity contribution in [3.8, 4) is 17.2 Å². The number of ether oxygens (including phenoxy) is 3. The van der Waals surface area contributed by atoms with Gasteiger partial charge in [0, 0.05) is 32.7 Å². The molecule has 1 saturated heterocycles. The first kappa shape index (κ1) is 27.9. The zero-order valence-corrected chi connectivity index (χ0v) is 20.2. The van der Waals surface area contributed by atoms with Crippen molar-refractivity contribution < 1.29 is 44.1 Å². The lowest BCUT2D eigenvalue weighted by atomic mass is 10.1. The summed E-state index contributed by atoms with van der Waals surface area (Å²) in [6.45, 7) is 8.12. The number of nitrogens with zero attached hydrogens (tertiary/aromatic N) is 2. The molecule has 1 atom stereocenters. The average Bonchev–Trinajstić information content (AvgIpc) is 2.78. The van der Waals surface area contributed by atoms with E-state index < -0.39 is 6.10 Å². The summed E-state index contributed by atoms with van der Waals surface area (Å²) in [5.74, 6) is 2.21. The molecule has 0 bridgehead atoms. The van der Waals surface area contributed by atoms with Crippen LogP contribution < -0.4 is 43.9 Å². The van der Waals surface area contributed by atoms with Gasteiger partial charge in [-0.2, -0.15) is 0 Å². The number of hydrogen-bond donors (Lipinski definition) is 1. The maximum atomic E-state index is 10.5. The minimum absolute atomic E-state index is 0. The lowest BCUT2D eigenvalue weighted by Gasteiger charge is -2.37. The van der Waals surface area contributed by atoms with Crippen LogP contribution in [0.3, 0.4) is 0 Å². The van der Waals surface area contributed by atoms with E-state index in [0.29, 0.717) is 18.0 Å². The highest BCUT2D eigenvalue weighted by Gasteiger charge is 2.21. The zero-order chi connectivity index (χ0) is 21.3. The molecule has 0 amide bonds. The minimum atomic E-state index is -0.569. The van der Waals surface area contributed by atoms with Crippen molar-refractivity contribution in [1.29, 1.82) is 0 Å². The molecule has 178 valence electrons. The standard InChI is InChI=1S/C24H32N2O4.2ClH/c1-4-7-19-10-11-23(24(16-19)29-3)30-18-20(27)17-25-12-14-26(15-13-25)21-8-5-6-9-22(21)28-2;;/h4-6,8-11,16,20,27H,1,7,12-15,17-18H2,2-3H3;2*1H/p-2. The van der Waals surface area contributed by atoms with Gasteiger partial charge in [0.05, 0.1) is 19.9 Å². The number of piperazine rings is 1. The minimum Gasteiger partial charge on any atom is -1.00 e. The molecule has 8 heteroatoms. The van der Waals surface area contributed by atoms with Gasteiger partial charge in [0.25, 0.3) is 0 Å². The molecule has 6 nitrogen and oxygen atoms in total. The maximum absolute atomic E-state index is 10.5. The van der Waals surface area contributed by atoms with Gasteiger partial charge >= 0.3 is 0 Å². The van der Waals surface area contributed by atoms with Gasteiger partial charge in [-0.15, -0.1) is 6.58 Å². The van der Waals surface area contributed by atoms with Gasteiger partial charge in [-0.25, -0.2) is 0 Å². The van der Waals surface area contributed by atoms with Crippen LogP contribution in [0.2, 0.25) is 0 Å². The van der Waals surface area contributed by atoms with E-state index in [0.717, 1.165) is 49.6 Å². The fourth-order valence-electron chi connectivity index (χ4n) is 3.72. The number of allylic oxidation sites excluding steroid dienone is 1. The summed E-state index contributed by atoms with van der Waals surface area (Å²) in [5, 5.41) is 10.5. The van der Waals surface area contributed by atoms with Crippen molar-refractivity contribution in [2.75, 3.05) is 58.5 Å². The number of methoxy groups -OCH3 is 2. The largest absolute Gasteiger partial charge is 1.00 e. The van der Waals surface area contributed by atoms with Crippen LogP contribution in [0.1, 0.15) is 5.56 Å². The third-order valence-electron chi connectivity index (χ3n) is 5.31.